The summed E-state index contributed by atoms with van der Waals surface area (Å²) < 4.78 is 0. The van der Waals surface area contributed by atoms with Crippen molar-refractivity contribution in [2.75, 3.05) is 17.2 Å². The summed E-state index contributed by atoms with van der Waals surface area (Å²) in [6.07, 6.45) is 0. The van der Waals surface area contributed by atoms with Crippen LogP contribution in [0.4, 0.5) is 11.5 Å². The van der Waals surface area contributed by atoms with Gasteiger partial charge in [-0.15, -0.1) is 10.2 Å². The number of hydrogen-bond donors (Lipinski definition) is 2. The molecule has 0 fully saturated rings. The van der Waals surface area contributed by atoms with Crippen molar-refractivity contribution < 1.29 is 4.79 Å². The van der Waals surface area contributed by atoms with Crippen LogP contribution in [0.2, 0.25) is 5.02 Å². The summed E-state index contributed by atoms with van der Waals surface area (Å²) in [5, 5.41) is 14.2. The number of anilines is 2. The molecule has 0 bridgehead atoms. The highest BCUT2D eigenvalue weighted by Gasteiger charge is 2.10. The molecule has 2 aromatic rings. The van der Waals surface area contributed by atoms with Gasteiger partial charge in [-0.3, -0.25) is 4.79 Å². The van der Waals surface area contributed by atoms with Crippen molar-refractivity contribution in [1.29, 1.82) is 0 Å². The maximum atomic E-state index is 12.1. The molecule has 1 heterocycles. The number of rotatable bonds is 5. The van der Waals surface area contributed by atoms with Crippen LogP contribution in [-0.4, -0.2) is 22.6 Å². The lowest BCUT2D eigenvalue weighted by atomic mass is 10.2. The summed E-state index contributed by atoms with van der Waals surface area (Å²) in [4.78, 5) is 12.1. The molecule has 5 nitrogen and oxygen atoms in total. The van der Waals surface area contributed by atoms with Gasteiger partial charge in [-0.2, -0.15) is 0 Å². The molecule has 0 aliphatic rings. The second-order valence-corrected chi connectivity index (χ2v) is 5.42. The summed E-state index contributed by atoms with van der Waals surface area (Å²) in [5.41, 5.74) is 0.790. The quantitative estimate of drug-likeness (QED) is 0.888. The van der Waals surface area contributed by atoms with Gasteiger partial charge in [-0.05, 0) is 30.2 Å². The average molecular weight is 305 g/mol. The molecule has 2 N–H and O–H groups in total. The molecule has 21 heavy (non-hydrogen) atoms. The molecule has 0 saturated carbocycles. The third-order valence-electron chi connectivity index (χ3n) is 2.71. The lowest BCUT2D eigenvalue weighted by molar-refractivity contribution is 0.102. The summed E-state index contributed by atoms with van der Waals surface area (Å²) in [6, 6.07) is 10.4. The number of aromatic nitrogens is 2. The lowest BCUT2D eigenvalue weighted by Crippen LogP contribution is -2.16. The minimum atomic E-state index is -0.342. The van der Waals surface area contributed by atoms with Gasteiger partial charge >= 0.3 is 0 Å². The summed E-state index contributed by atoms with van der Waals surface area (Å²) in [7, 11) is 0. The maximum Gasteiger partial charge on any atom is 0.276 e. The smallest absolute Gasteiger partial charge is 0.276 e. The summed E-state index contributed by atoms with van der Waals surface area (Å²) >= 11 is 5.99. The molecular weight excluding hydrogens is 288 g/mol. The average Bonchev–Trinajstić information content (AvgIpc) is 2.48. The fraction of sp³-hybridized carbons (Fsp3) is 0.267. The molecule has 0 spiro atoms. The number of para-hydroxylation sites is 1. The summed E-state index contributed by atoms with van der Waals surface area (Å²) in [6.45, 7) is 5.01. The van der Waals surface area contributed by atoms with Crippen LogP contribution >= 0.6 is 11.6 Å². The second-order valence-electron chi connectivity index (χ2n) is 5.01. The van der Waals surface area contributed by atoms with E-state index in [1.807, 2.05) is 0 Å². The van der Waals surface area contributed by atoms with E-state index < -0.39 is 0 Å². The van der Waals surface area contributed by atoms with Crippen LogP contribution in [0.5, 0.6) is 0 Å². The highest BCUT2D eigenvalue weighted by molar-refractivity contribution is 6.33. The van der Waals surface area contributed by atoms with Crippen molar-refractivity contribution >= 4 is 29.0 Å². The number of amides is 1. The van der Waals surface area contributed by atoms with Crippen LogP contribution in [0, 0.1) is 5.92 Å². The lowest BCUT2D eigenvalue weighted by Gasteiger charge is -2.08. The number of nitrogens with zero attached hydrogens (tertiary/aromatic N) is 2. The van der Waals surface area contributed by atoms with Crippen molar-refractivity contribution in [2.45, 2.75) is 13.8 Å². The predicted molar refractivity (Wildman–Crippen MR) is 84.8 cm³/mol. The Hall–Kier alpha value is -2.14. The minimum Gasteiger partial charge on any atom is -0.368 e. The van der Waals surface area contributed by atoms with Crippen molar-refractivity contribution in [3.8, 4) is 0 Å². The van der Waals surface area contributed by atoms with Gasteiger partial charge in [0.25, 0.3) is 5.91 Å². The van der Waals surface area contributed by atoms with E-state index in [1.165, 1.54) is 0 Å². The van der Waals surface area contributed by atoms with Crippen molar-refractivity contribution in [1.82, 2.24) is 10.2 Å². The largest absolute Gasteiger partial charge is 0.368 e. The number of hydrogen-bond acceptors (Lipinski definition) is 4. The topological polar surface area (TPSA) is 66.9 Å². The maximum absolute atomic E-state index is 12.1. The molecule has 0 radical (unpaired) electrons. The van der Waals surface area contributed by atoms with Gasteiger partial charge in [0.2, 0.25) is 0 Å². The Labute approximate surface area is 128 Å². The molecule has 1 aromatic carbocycles. The van der Waals surface area contributed by atoms with Crippen molar-refractivity contribution in [2.24, 2.45) is 5.92 Å². The Kier molecular flexibility index (Phi) is 5.11. The SMILES string of the molecule is CC(C)CNc1ccc(C(=O)Nc2ccccc2Cl)nn1. The third-order valence-corrected chi connectivity index (χ3v) is 3.04. The van der Waals surface area contributed by atoms with Crippen LogP contribution in [0.3, 0.4) is 0 Å². The number of nitrogens with one attached hydrogen (secondary N) is 2. The van der Waals surface area contributed by atoms with E-state index in [4.69, 9.17) is 11.6 Å². The first kappa shape index (κ1) is 15.3. The van der Waals surface area contributed by atoms with E-state index >= 15 is 0 Å². The van der Waals surface area contributed by atoms with Crippen molar-refractivity contribution in [3.63, 3.8) is 0 Å². The number of carbonyl (C=O) groups is 1. The molecule has 1 amide bonds. The zero-order valence-corrected chi connectivity index (χ0v) is 12.7. The Morgan fingerprint density at radius 1 is 1.19 bits per heavy atom. The first-order chi connectivity index (χ1) is 10.1. The van der Waals surface area contributed by atoms with E-state index in [-0.39, 0.29) is 11.6 Å². The zero-order valence-electron chi connectivity index (χ0n) is 11.9. The van der Waals surface area contributed by atoms with E-state index in [0.717, 1.165) is 6.54 Å². The molecule has 6 heteroatoms. The third kappa shape index (κ3) is 4.43. The van der Waals surface area contributed by atoms with Crippen LogP contribution in [0.1, 0.15) is 24.3 Å². The molecule has 0 unspecified atom stereocenters. The van der Waals surface area contributed by atoms with Gasteiger partial charge in [0.1, 0.15) is 5.82 Å². The van der Waals surface area contributed by atoms with Crippen LogP contribution < -0.4 is 10.6 Å². The van der Waals surface area contributed by atoms with Gasteiger partial charge in [0.05, 0.1) is 10.7 Å². The summed E-state index contributed by atoms with van der Waals surface area (Å²) in [5.74, 6) is 0.819. The van der Waals surface area contributed by atoms with Gasteiger partial charge in [0.15, 0.2) is 5.69 Å². The highest BCUT2D eigenvalue weighted by atomic mass is 35.5. The van der Waals surface area contributed by atoms with Gasteiger partial charge in [0, 0.05) is 6.54 Å². The van der Waals surface area contributed by atoms with Gasteiger partial charge in [-0.25, -0.2) is 0 Å². The Bertz CT molecular complexity index is 613. The van der Waals surface area contributed by atoms with E-state index in [0.29, 0.717) is 22.4 Å². The molecule has 0 atom stereocenters. The number of benzene rings is 1. The molecule has 110 valence electrons. The van der Waals surface area contributed by atoms with Crippen LogP contribution in [0.25, 0.3) is 0 Å². The second kappa shape index (κ2) is 7.04. The van der Waals surface area contributed by atoms with Crippen molar-refractivity contribution in [3.05, 3.63) is 47.1 Å². The van der Waals surface area contributed by atoms with Crippen LogP contribution in [-0.2, 0) is 0 Å². The van der Waals surface area contributed by atoms with E-state index in [2.05, 4.69) is 34.7 Å². The van der Waals surface area contributed by atoms with Crippen LogP contribution in [0.15, 0.2) is 36.4 Å². The van der Waals surface area contributed by atoms with Gasteiger partial charge in [-0.1, -0.05) is 37.6 Å². The number of carbonyl (C=O) groups excluding carboxylic acids is 1. The standard InChI is InChI=1S/C15H17ClN4O/c1-10(2)9-17-14-8-7-13(19-20-14)15(21)18-12-6-4-3-5-11(12)16/h3-8,10H,9H2,1-2H3,(H,17,20)(H,18,21). The first-order valence-electron chi connectivity index (χ1n) is 6.69. The first-order valence-corrected chi connectivity index (χ1v) is 7.07. The molecule has 0 aliphatic heterocycles. The normalized spacial score (nSPS) is 10.5. The number of halogens is 1. The fourth-order valence-corrected chi connectivity index (χ4v) is 1.79. The Morgan fingerprint density at radius 3 is 2.57 bits per heavy atom. The Morgan fingerprint density at radius 2 is 1.95 bits per heavy atom. The molecule has 2 rings (SSSR count). The zero-order chi connectivity index (χ0) is 15.2. The predicted octanol–water partition coefficient (Wildman–Crippen LogP) is 3.45. The van der Waals surface area contributed by atoms with E-state index in [1.54, 1.807) is 36.4 Å². The van der Waals surface area contributed by atoms with Gasteiger partial charge < -0.3 is 10.6 Å². The molecule has 1 aromatic heterocycles. The highest BCUT2D eigenvalue weighted by Crippen LogP contribution is 2.20. The van der Waals surface area contributed by atoms with E-state index in [9.17, 15) is 4.79 Å². The minimum absolute atomic E-state index is 0.241. The molecule has 0 saturated heterocycles. The fourth-order valence-electron chi connectivity index (χ4n) is 1.61. The molecular formula is C15H17ClN4O. The molecule has 0 aliphatic carbocycles. The Balaban J connectivity index is 2.01. The monoisotopic (exact) mass is 304 g/mol.